The van der Waals surface area contributed by atoms with E-state index in [4.69, 9.17) is 21.4 Å². The van der Waals surface area contributed by atoms with Crippen LogP contribution in [0.4, 0.5) is 10.2 Å². The van der Waals surface area contributed by atoms with Crippen LogP contribution in [-0.2, 0) is 14.3 Å². The van der Waals surface area contributed by atoms with Gasteiger partial charge in [0.05, 0.1) is 11.2 Å². The van der Waals surface area contributed by atoms with Crippen LogP contribution in [0.3, 0.4) is 0 Å². The highest BCUT2D eigenvalue weighted by Gasteiger charge is 2.24. The number of hydrogen-bond donors (Lipinski definition) is 3. The van der Waals surface area contributed by atoms with Crippen molar-refractivity contribution in [3.8, 4) is 11.4 Å². The van der Waals surface area contributed by atoms with Crippen LogP contribution in [0.15, 0.2) is 24.7 Å². The lowest BCUT2D eigenvalue weighted by Crippen LogP contribution is -2.43. The molecule has 3 aromatic heterocycles. The third-order valence-electron chi connectivity index (χ3n) is 5.36. The number of rotatable bonds is 8. The fourth-order valence-electron chi connectivity index (χ4n) is 3.80. The van der Waals surface area contributed by atoms with Crippen LogP contribution < -0.4 is 5.32 Å². The predicted molar refractivity (Wildman–Crippen MR) is 118 cm³/mol. The fourth-order valence-corrected chi connectivity index (χ4v) is 3.96. The largest absolute Gasteiger partial charge is 0.480 e. The van der Waals surface area contributed by atoms with Gasteiger partial charge >= 0.3 is 5.97 Å². The van der Waals surface area contributed by atoms with Gasteiger partial charge in [-0.2, -0.15) is 0 Å². The molecule has 0 bridgehead atoms. The number of carboxylic acids is 1. The van der Waals surface area contributed by atoms with Crippen LogP contribution in [0.25, 0.3) is 22.4 Å². The number of aromatic amines is 1. The monoisotopic (exact) mass is 476 g/mol. The van der Waals surface area contributed by atoms with Gasteiger partial charge in [-0.05, 0) is 24.8 Å². The van der Waals surface area contributed by atoms with Crippen LogP contribution in [0.2, 0.25) is 5.02 Å². The number of aliphatic carboxylic acids is 1. The number of halogens is 2. The molecule has 0 radical (unpaired) electrons. The van der Waals surface area contributed by atoms with Gasteiger partial charge in [0.1, 0.15) is 18.9 Å². The summed E-state index contributed by atoms with van der Waals surface area (Å²) < 4.78 is 19.3. The number of aromatic nitrogens is 4. The smallest absolute Gasteiger partial charge is 0.329 e. The Balaban J connectivity index is 1.40. The first-order valence-corrected chi connectivity index (χ1v) is 10.7. The van der Waals surface area contributed by atoms with Crippen LogP contribution in [0.1, 0.15) is 12.8 Å². The molecule has 174 valence electrons. The second-order valence-electron chi connectivity index (χ2n) is 7.76. The lowest BCUT2D eigenvalue weighted by Gasteiger charge is -2.33. The highest BCUT2D eigenvalue weighted by Crippen LogP contribution is 2.28. The van der Waals surface area contributed by atoms with E-state index in [1.165, 1.54) is 6.20 Å². The minimum atomic E-state index is -1.12. The molecule has 1 aliphatic rings. The number of hydrogen-bond acceptors (Lipinski definition) is 7. The number of carboxylic acid groups (broad SMARTS) is 1. The Hall–Kier alpha value is -3.31. The topological polar surface area (TPSA) is 133 Å². The molecule has 1 atom stereocenters. The number of H-pyrrole nitrogens is 1. The average molecular weight is 477 g/mol. The van der Waals surface area contributed by atoms with Crippen molar-refractivity contribution in [1.29, 1.82) is 0 Å². The lowest BCUT2D eigenvalue weighted by atomic mass is 9.98. The molecule has 0 saturated carbocycles. The molecule has 1 amide bonds. The Morgan fingerprint density at radius 1 is 1.33 bits per heavy atom. The number of ether oxygens (including phenoxy) is 1. The minimum absolute atomic E-state index is 0.0672. The summed E-state index contributed by atoms with van der Waals surface area (Å²) in [5.74, 6) is -1.50. The molecule has 1 saturated heterocycles. The average Bonchev–Trinajstić information content (AvgIpc) is 3.21. The van der Waals surface area contributed by atoms with Gasteiger partial charge in [-0.25, -0.2) is 24.1 Å². The van der Waals surface area contributed by atoms with Gasteiger partial charge in [-0.1, -0.05) is 11.6 Å². The van der Waals surface area contributed by atoms with E-state index in [0.717, 1.165) is 24.4 Å². The maximum atomic E-state index is 14.4. The van der Waals surface area contributed by atoms with Crippen molar-refractivity contribution in [2.75, 3.05) is 38.2 Å². The molecule has 3 N–H and O–H groups in total. The maximum Gasteiger partial charge on any atom is 0.329 e. The van der Waals surface area contributed by atoms with E-state index >= 15 is 0 Å². The quantitative estimate of drug-likeness (QED) is 0.451. The summed E-state index contributed by atoms with van der Waals surface area (Å²) in [4.78, 5) is 40.1. The molecule has 3 aromatic rings. The van der Waals surface area contributed by atoms with Crippen molar-refractivity contribution in [3.05, 3.63) is 35.5 Å². The summed E-state index contributed by atoms with van der Waals surface area (Å²) in [6, 6.07) is 1.74. The van der Waals surface area contributed by atoms with Gasteiger partial charge < -0.3 is 25.0 Å². The van der Waals surface area contributed by atoms with Crippen LogP contribution in [-0.4, -0.2) is 74.7 Å². The Labute approximate surface area is 193 Å². The first-order valence-electron chi connectivity index (χ1n) is 10.4. The second-order valence-corrected chi connectivity index (χ2v) is 8.19. The van der Waals surface area contributed by atoms with Crippen molar-refractivity contribution in [2.45, 2.75) is 12.8 Å². The number of fused-ring (bicyclic) bond motifs is 1. The summed E-state index contributed by atoms with van der Waals surface area (Å²) in [5.41, 5.74) is 1.27. The normalized spacial score (nSPS) is 16.2. The van der Waals surface area contributed by atoms with E-state index in [1.807, 2.05) is 0 Å². The van der Waals surface area contributed by atoms with E-state index in [1.54, 1.807) is 17.2 Å². The standard InChI is InChI=1S/C21H22ClFN6O4/c22-13-4-14-15(7-26-19(14)25-6-13)20-27-8-16(23)21(28-20)24-5-12-2-1-3-29(9-12)17(30)10-33-11-18(31)32/h4,6-8,12H,1-3,5,9-11H2,(H,25,26)(H,31,32)(H,24,27,28)/t12-/m1/s1. The van der Waals surface area contributed by atoms with Gasteiger partial charge in [-0.15, -0.1) is 0 Å². The van der Waals surface area contributed by atoms with E-state index in [2.05, 4.69) is 25.3 Å². The molecule has 0 spiro atoms. The third kappa shape index (κ3) is 5.55. The molecule has 33 heavy (non-hydrogen) atoms. The van der Waals surface area contributed by atoms with Gasteiger partial charge in [0, 0.05) is 43.0 Å². The number of piperidine rings is 1. The molecule has 1 fully saturated rings. The van der Waals surface area contributed by atoms with E-state index in [-0.39, 0.29) is 24.2 Å². The van der Waals surface area contributed by atoms with Crippen molar-refractivity contribution in [3.63, 3.8) is 0 Å². The minimum Gasteiger partial charge on any atom is -0.480 e. The first-order chi connectivity index (χ1) is 15.9. The molecule has 0 unspecified atom stereocenters. The molecular formula is C21H22ClFN6O4. The zero-order valence-corrected chi connectivity index (χ0v) is 18.3. The summed E-state index contributed by atoms with van der Waals surface area (Å²) in [7, 11) is 0. The third-order valence-corrected chi connectivity index (χ3v) is 5.57. The van der Waals surface area contributed by atoms with Gasteiger partial charge in [0.15, 0.2) is 17.5 Å². The Morgan fingerprint density at radius 2 is 2.18 bits per heavy atom. The summed E-state index contributed by atoms with van der Waals surface area (Å²) in [5, 5.41) is 12.8. The van der Waals surface area contributed by atoms with E-state index in [9.17, 15) is 14.0 Å². The van der Waals surface area contributed by atoms with Gasteiger partial charge in [-0.3, -0.25) is 4.79 Å². The number of nitrogens with zero attached hydrogens (tertiary/aromatic N) is 4. The molecule has 4 heterocycles. The number of anilines is 1. The predicted octanol–water partition coefficient (Wildman–Crippen LogP) is 2.56. The number of carbonyl (C=O) groups excluding carboxylic acids is 1. The molecule has 4 rings (SSSR count). The first kappa shape index (κ1) is 22.9. The molecule has 0 aliphatic carbocycles. The summed E-state index contributed by atoms with van der Waals surface area (Å²) in [6.07, 6.45) is 5.98. The van der Waals surface area contributed by atoms with Crippen LogP contribution in [0.5, 0.6) is 0 Å². The molecule has 1 aliphatic heterocycles. The van der Waals surface area contributed by atoms with Crippen molar-refractivity contribution in [1.82, 2.24) is 24.8 Å². The van der Waals surface area contributed by atoms with Gasteiger partial charge in [0.25, 0.3) is 0 Å². The van der Waals surface area contributed by atoms with Gasteiger partial charge in [0.2, 0.25) is 5.91 Å². The van der Waals surface area contributed by atoms with Crippen molar-refractivity contribution >= 4 is 40.3 Å². The SMILES string of the molecule is O=C(O)COCC(=O)N1CCC[C@H](CNc2nc(-c3c[nH]c4ncc(Cl)cc34)ncc2F)C1. The fraction of sp³-hybridized carbons (Fsp3) is 0.381. The number of amides is 1. The van der Waals surface area contributed by atoms with E-state index in [0.29, 0.717) is 41.7 Å². The number of carbonyl (C=O) groups is 2. The second kappa shape index (κ2) is 10.1. The Kier molecular flexibility index (Phi) is 6.99. The highest BCUT2D eigenvalue weighted by molar-refractivity contribution is 6.31. The molecule has 10 nitrogen and oxygen atoms in total. The number of pyridine rings is 1. The van der Waals surface area contributed by atoms with Crippen molar-refractivity contribution < 1.29 is 23.8 Å². The van der Waals surface area contributed by atoms with Crippen molar-refractivity contribution in [2.24, 2.45) is 5.92 Å². The lowest BCUT2D eigenvalue weighted by molar-refractivity contribution is -0.146. The zero-order valence-electron chi connectivity index (χ0n) is 17.6. The van der Waals surface area contributed by atoms with Crippen LogP contribution >= 0.6 is 11.6 Å². The molecular weight excluding hydrogens is 455 g/mol. The summed E-state index contributed by atoms with van der Waals surface area (Å²) >= 11 is 6.05. The maximum absolute atomic E-state index is 14.4. The van der Waals surface area contributed by atoms with E-state index < -0.39 is 18.4 Å². The Morgan fingerprint density at radius 3 is 3.00 bits per heavy atom. The molecule has 12 heteroatoms. The Bertz CT molecular complexity index is 1170. The molecule has 0 aromatic carbocycles. The number of likely N-dealkylation sites (tertiary alicyclic amines) is 1. The summed E-state index contributed by atoms with van der Waals surface area (Å²) in [6.45, 7) is 0.663. The zero-order chi connectivity index (χ0) is 23.4. The number of nitrogens with one attached hydrogen (secondary N) is 2. The van der Waals surface area contributed by atoms with Crippen LogP contribution in [0, 0.1) is 11.7 Å². The highest BCUT2D eigenvalue weighted by atomic mass is 35.5.